The van der Waals surface area contributed by atoms with Crippen molar-refractivity contribution in [3.05, 3.63) is 0 Å². The first-order valence-electron chi connectivity index (χ1n) is 6.44. The van der Waals surface area contributed by atoms with Gasteiger partial charge in [0.05, 0.1) is 0 Å². The third-order valence-electron chi connectivity index (χ3n) is 3.22. The van der Waals surface area contributed by atoms with Gasteiger partial charge in [0, 0.05) is 19.1 Å². The van der Waals surface area contributed by atoms with Crippen LogP contribution in [0.25, 0.3) is 0 Å². The SMILES string of the molecule is CC(C)[C@H]1CCN(C(=O)OC(C)(C)C)C[C@@H]1N. The maximum Gasteiger partial charge on any atom is 0.410 e. The molecule has 0 saturated carbocycles. The minimum absolute atomic E-state index is 0.0660. The zero-order valence-electron chi connectivity index (χ0n) is 11.7. The van der Waals surface area contributed by atoms with E-state index in [0.29, 0.717) is 18.4 Å². The van der Waals surface area contributed by atoms with Gasteiger partial charge in [0.2, 0.25) is 0 Å². The number of piperidine rings is 1. The Hall–Kier alpha value is -0.770. The van der Waals surface area contributed by atoms with Gasteiger partial charge < -0.3 is 15.4 Å². The highest BCUT2D eigenvalue weighted by molar-refractivity contribution is 5.68. The first-order valence-corrected chi connectivity index (χ1v) is 6.44. The molecule has 1 amide bonds. The molecule has 1 saturated heterocycles. The van der Waals surface area contributed by atoms with Gasteiger partial charge in [-0.25, -0.2) is 4.79 Å². The highest BCUT2D eigenvalue weighted by Crippen LogP contribution is 2.24. The normalized spacial score (nSPS) is 26.2. The Balaban J connectivity index is 2.52. The van der Waals surface area contributed by atoms with Crippen LogP contribution in [0.3, 0.4) is 0 Å². The van der Waals surface area contributed by atoms with E-state index in [0.717, 1.165) is 13.0 Å². The maximum atomic E-state index is 11.9. The number of amides is 1. The summed E-state index contributed by atoms with van der Waals surface area (Å²) in [5.41, 5.74) is 5.69. The van der Waals surface area contributed by atoms with E-state index in [4.69, 9.17) is 10.5 Å². The van der Waals surface area contributed by atoms with Crippen LogP contribution < -0.4 is 5.73 Å². The minimum Gasteiger partial charge on any atom is -0.444 e. The molecule has 4 heteroatoms. The minimum atomic E-state index is -0.434. The van der Waals surface area contributed by atoms with Gasteiger partial charge in [-0.3, -0.25) is 0 Å². The summed E-state index contributed by atoms with van der Waals surface area (Å²) in [6.45, 7) is 11.4. The number of hydrogen-bond acceptors (Lipinski definition) is 3. The molecule has 1 aliphatic rings. The molecule has 2 atom stereocenters. The molecule has 0 radical (unpaired) electrons. The largest absolute Gasteiger partial charge is 0.444 e. The third kappa shape index (κ3) is 4.19. The predicted molar refractivity (Wildman–Crippen MR) is 68.7 cm³/mol. The van der Waals surface area contributed by atoms with Crippen LogP contribution in [0, 0.1) is 11.8 Å². The van der Waals surface area contributed by atoms with Crippen molar-refractivity contribution < 1.29 is 9.53 Å². The second-order valence-corrected chi connectivity index (χ2v) is 6.29. The van der Waals surface area contributed by atoms with E-state index in [-0.39, 0.29) is 12.1 Å². The summed E-state index contributed by atoms with van der Waals surface area (Å²) in [5, 5.41) is 0. The number of ether oxygens (including phenoxy) is 1. The number of likely N-dealkylation sites (tertiary alicyclic amines) is 1. The van der Waals surface area contributed by atoms with Crippen molar-refractivity contribution in [3.63, 3.8) is 0 Å². The van der Waals surface area contributed by atoms with Crippen LogP contribution in [0.5, 0.6) is 0 Å². The Bertz CT molecular complexity index is 271. The molecule has 2 N–H and O–H groups in total. The van der Waals surface area contributed by atoms with Crippen LogP contribution in [-0.2, 0) is 4.74 Å². The maximum absolute atomic E-state index is 11.9. The Morgan fingerprint density at radius 3 is 2.41 bits per heavy atom. The Labute approximate surface area is 104 Å². The quantitative estimate of drug-likeness (QED) is 0.767. The number of hydrogen-bond donors (Lipinski definition) is 1. The first kappa shape index (κ1) is 14.3. The molecular formula is C13H26N2O2. The van der Waals surface area contributed by atoms with Gasteiger partial charge in [-0.05, 0) is 39.0 Å². The van der Waals surface area contributed by atoms with Crippen molar-refractivity contribution in [2.24, 2.45) is 17.6 Å². The smallest absolute Gasteiger partial charge is 0.410 e. The van der Waals surface area contributed by atoms with E-state index < -0.39 is 5.60 Å². The fraction of sp³-hybridized carbons (Fsp3) is 0.923. The molecule has 0 aliphatic carbocycles. The molecule has 0 unspecified atom stereocenters. The monoisotopic (exact) mass is 242 g/mol. The van der Waals surface area contributed by atoms with Crippen molar-refractivity contribution in [1.82, 2.24) is 4.90 Å². The molecule has 0 spiro atoms. The molecule has 0 aromatic heterocycles. The number of nitrogens with two attached hydrogens (primary N) is 1. The molecule has 0 bridgehead atoms. The number of rotatable bonds is 1. The summed E-state index contributed by atoms with van der Waals surface area (Å²) in [4.78, 5) is 13.6. The molecule has 1 rings (SSSR count). The van der Waals surface area contributed by atoms with E-state index >= 15 is 0 Å². The van der Waals surface area contributed by atoms with Gasteiger partial charge in [0.1, 0.15) is 5.60 Å². The predicted octanol–water partition coefficient (Wildman–Crippen LogP) is 2.23. The van der Waals surface area contributed by atoms with Crippen molar-refractivity contribution in [3.8, 4) is 0 Å². The number of carbonyl (C=O) groups excluding carboxylic acids is 1. The van der Waals surface area contributed by atoms with Gasteiger partial charge in [-0.2, -0.15) is 0 Å². The van der Waals surface area contributed by atoms with Crippen LogP contribution in [0.15, 0.2) is 0 Å². The first-order chi connectivity index (χ1) is 7.70. The Morgan fingerprint density at radius 2 is 2.00 bits per heavy atom. The van der Waals surface area contributed by atoms with Crippen molar-refractivity contribution in [2.45, 2.75) is 52.7 Å². The second-order valence-electron chi connectivity index (χ2n) is 6.29. The molecule has 1 heterocycles. The van der Waals surface area contributed by atoms with Crippen LogP contribution in [0.4, 0.5) is 4.79 Å². The van der Waals surface area contributed by atoms with Gasteiger partial charge in [-0.1, -0.05) is 13.8 Å². The van der Waals surface area contributed by atoms with Crippen LogP contribution in [0.1, 0.15) is 41.0 Å². The van der Waals surface area contributed by atoms with Crippen LogP contribution >= 0.6 is 0 Å². The lowest BCUT2D eigenvalue weighted by molar-refractivity contribution is 0.0136. The molecular weight excluding hydrogens is 216 g/mol. The van der Waals surface area contributed by atoms with E-state index in [9.17, 15) is 4.79 Å². The lowest BCUT2D eigenvalue weighted by Gasteiger charge is -2.39. The van der Waals surface area contributed by atoms with E-state index in [1.165, 1.54) is 0 Å². The Kier molecular flexibility index (Phi) is 4.42. The zero-order valence-corrected chi connectivity index (χ0v) is 11.7. The van der Waals surface area contributed by atoms with Gasteiger partial charge in [-0.15, -0.1) is 0 Å². The summed E-state index contributed by atoms with van der Waals surface area (Å²) in [7, 11) is 0. The fourth-order valence-corrected chi connectivity index (χ4v) is 2.32. The molecule has 1 aliphatic heterocycles. The summed E-state index contributed by atoms with van der Waals surface area (Å²) in [5.74, 6) is 1.08. The number of carbonyl (C=O) groups is 1. The van der Waals surface area contributed by atoms with Crippen LogP contribution in [0.2, 0.25) is 0 Å². The van der Waals surface area contributed by atoms with Crippen LogP contribution in [-0.4, -0.2) is 35.7 Å². The van der Waals surface area contributed by atoms with E-state index in [1.807, 2.05) is 20.8 Å². The van der Waals surface area contributed by atoms with Crippen molar-refractivity contribution in [1.29, 1.82) is 0 Å². The fourth-order valence-electron chi connectivity index (χ4n) is 2.32. The van der Waals surface area contributed by atoms with Gasteiger partial charge >= 0.3 is 6.09 Å². The average molecular weight is 242 g/mol. The molecule has 100 valence electrons. The third-order valence-corrected chi connectivity index (χ3v) is 3.22. The molecule has 0 aromatic carbocycles. The van der Waals surface area contributed by atoms with Gasteiger partial charge in [0.15, 0.2) is 0 Å². The van der Waals surface area contributed by atoms with Gasteiger partial charge in [0.25, 0.3) is 0 Å². The summed E-state index contributed by atoms with van der Waals surface area (Å²) in [6.07, 6.45) is 0.730. The average Bonchev–Trinajstić information content (AvgIpc) is 2.14. The summed E-state index contributed by atoms with van der Waals surface area (Å²) < 4.78 is 5.35. The van der Waals surface area contributed by atoms with E-state index in [2.05, 4.69) is 13.8 Å². The molecule has 17 heavy (non-hydrogen) atoms. The van der Waals surface area contributed by atoms with E-state index in [1.54, 1.807) is 4.90 Å². The second kappa shape index (κ2) is 5.25. The van der Waals surface area contributed by atoms with Crippen molar-refractivity contribution in [2.75, 3.05) is 13.1 Å². The molecule has 4 nitrogen and oxygen atoms in total. The lowest BCUT2D eigenvalue weighted by atomic mass is 9.83. The Morgan fingerprint density at radius 1 is 1.41 bits per heavy atom. The highest BCUT2D eigenvalue weighted by atomic mass is 16.6. The topological polar surface area (TPSA) is 55.6 Å². The zero-order chi connectivity index (χ0) is 13.2. The lowest BCUT2D eigenvalue weighted by Crippen LogP contribution is -2.52. The highest BCUT2D eigenvalue weighted by Gasteiger charge is 2.32. The summed E-state index contributed by atoms with van der Waals surface area (Å²) >= 11 is 0. The number of nitrogens with zero attached hydrogens (tertiary/aromatic N) is 1. The standard InChI is InChI=1S/C13H26N2O2/c1-9(2)10-6-7-15(8-11(10)14)12(16)17-13(3,4)5/h9-11H,6-8,14H2,1-5H3/t10-,11+/m1/s1. The molecule has 1 fully saturated rings. The summed E-state index contributed by atoms with van der Waals surface area (Å²) in [6, 6.07) is 0.0660. The molecule has 0 aromatic rings. The van der Waals surface area contributed by atoms with Crippen molar-refractivity contribution >= 4 is 6.09 Å².